The molecule has 0 aliphatic heterocycles. The Balaban J connectivity index is 0.000000115. The summed E-state index contributed by atoms with van der Waals surface area (Å²) in [5, 5.41) is 215. The molecule has 0 heterocycles. The highest BCUT2D eigenvalue weighted by atomic mass is 16.4. The number of carbonyl (C=O) groups is 5. The summed E-state index contributed by atoms with van der Waals surface area (Å²) < 4.78 is 0. The van der Waals surface area contributed by atoms with Gasteiger partial charge in [-0.25, -0.2) is 0 Å². The van der Waals surface area contributed by atoms with Crippen molar-refractivity contribution >= 4 is 28.9 Å². The van der Waals surface area contributed by atoms with Crippen molar-refractivity contribution in [2.45, 2.75) is 260 Å². The van der Waals surface area contributed by atoms with Gasteiger partial charge in [0.15, 0.2) is 28.9 Å². The molecule has 20 aliphatic rings. The van der Waals surface area contributed by atoms with Crippen molar-refractivity contribution in [1.82, 2.24) is 0 Å². The first-order valence-corrected chi connectivity index (χ1v) is 45.9. The van der Waals surface area contributed by atoms with Crippen molar-refractivity contribution in [3.8, 4) is 0 Å². The van der Waals surface area contributed by atoms with E-state index in [4.69, 9.17) is 0 Å². The molecule has 20 N–H and O–H groups in total. The maximum atomic E-state index is 13.7. The number of hydrogen-bond acceptors (Lipinski definition) is 25. The summed E-state index contributed by atoms with van der Waals surface area (Å²) >= 11 is 0. The second-order valence-corrected chi connectivity index (χ2v) is 46.3. The number of rotatable bonds is 5. The van der Waals surface area contributed by atoms with Gasteiger partial charge in [0.2, 0.25) is 0 Å². The lowest BCUT2D eigenvalue weighted by atomic mass is 9.59. The van der Waals surface area contributed by atoms with Crippen molar-refractivity contribution < 1.29 is 126 Å². The zero-order valence-electron chi connectivity index (χ0n) is 76.2. The largest absolute Gasteiger partial charge is 0.392 e. The molecule has 0 aromatic rings. The Kier molecular flexibility index (Phi) is 21.4. The molecule has 10 bridgehead atoms. The standard InChI is InChI=1S/5C20H28O5/c5*1-9-7-19-10(2)5-13-14(18(13,3)4)12(17(19)24)6-11(8-21)16(23)20(19,25)15(9)22/h5*6-7,10,12-16,21-23,25H,5,8H2,1-4H3/t10?,12-,13-,14+,15+,16-,19+,20-;10-,12+,13-,14+,15+,16+,19+,20-;10-,12+,13-,14+,15+,16-,19+,20-;10-,12+,13-,14+,15-,16+,19+,20-;10-,12+,13-,14+,15-,16-,19+,20-/m10000/s1. The van der Waals surface area contributed by atoms with Gasteiger partial charge in [-0.1, -0.05) is 165 Å². The first kappa shape index (κ1) is 93.2. The Labute approximate surface area is 733 Å². The van der Waals surface area contributed by atoms with E-state index in [9.17, 15) is 126 Å². The van der Waals surface area contributed by atoms with Gasteiger partial charge in [0.05, 0.1) is 60.1 Å². The number of allylic oxidation sites excluding steroid dienone is 5. The molecule has 25 nitrogen and oxygen atoms in total. The van der Waals surface area contributed by atoms with Crippen molar-refractivity contribution in [2.24, 2.45) is 173 Å². The smallest absolute Gasteiger partial charge is 0.153 e. The number of aliphatic hydroxyl groups excluding tert-OH is 15. The average molecular weight is 1740 g/mol. The van der Waals surface area contributed by atoms with Crippen molar-refractivity contribution in [1.29, 1.82) is 0 Å². The van der Waals surface area contributed by atoms with Crippen LogP contribution in [0.4, 0.5) is 0 Å². The molecule has 690 valence electrons. The molecule has 20 rings (SSSR count). The van der Waals surface area contributed by atoms with Crippen LogP contribution < -0.4 is 0 Å². The van der Waals surface area contributed by atoms with Crippen LogP contribution in [0, 0.1) is 173 Å². The molecule has 20 aliphatic carbocycles. The molecule has 0 radical (unpaired) electrons. The predicted octanol–water partition coefficient (Wildman–Crippen LogP) is 4.08. The predicted molar refractivity (Wildman–Crippen MR) is 457 cm³/mol. The summed E-state index contributed by atoms with van der Waals surface area (Å²) in [5.74, 6) is -1.44. The number of aliphatic hydroxyl groups is 20. The molecular weight excluding hydrogens is 1600 g/mol. The van der Waals surface area contributed by atoms with Gasteiger partial charge < -0.3 is 102 Å². The van der Waals surface area contributed by atoms with Gasteiger partial charge in [-0.15, -0.1) is 0 Å². The molecular formula is C100H140O25. The fourth-order valence-corrected chi connectivity index (χ4v) is 32.1. The molecule has 0 aromatic heterocycles. The Morgan fingerprint density at radius 2 is 0.376 bits per heavy atom. The minimum atomic E-state index is -2.03. The lowest BCUT2D eigenvalue weighted by molar-refractivity contribution is -0.190. The van der Waals surface area contributed by atoms with Crippen LogP contribution in [0.3, 0.4) is 0 Å². The normalized spacial score (nSPS) is 53.2. The third-order valence-corrected chi connectivity index (χ3v) is 39.7. The number of carbonyl (C=O) groups excluding carboxylic acids is 5. The Morgan fingerprint density at radius 1 is 0.248 bits per heavy atom. The van der Waals surface area contributed by atoms with Crippen molar-refractivity contribution in [3.05, 3.63) is 116 Å². The highest BCUT2D eigenvalue weighted by Crippen LogP contribution is 2.78. The van der Waals surface area contributed by atoms with Crippen LogP contribution in [0.5, 0.6) is 0 Å². The Morgan fingerprint density at radius 3 is 0.496 bits per heavy atom. The SMILES string of the molecule is CC1=C[C@@]23C(=O)[C@H](C=C(CO)[C@@H](O)[C@@]2(O)[C@@H]1O)[C@@H]1[C@H](C[C@@H]3C)C1(C)C.CC1=C[C@@]23C(=O)[C@H](C=C(CO)[C@@H](O)[C@@]2(O)[C@H]1O)[C@@H]1[C@H](C[C@@H]3C)C1(C)C.CC1=C[C@@]23C(=O)[C@H](C=C(CO)[C@H](O)[C@@]2(O)[C@@H]1O)[C@@H]1[C@H](C[C@@H]3C)C1(C)C.CC1=C[C@@]23C(=O)[C@H](C=C(CO)[C@H](O)[C@@]2(O)[C@H]1O)[C@@H]1[C@H](C[C@@H]3C)C1(C)C.CC1=C[C@]23C(=O)[C@H](C=C(CO)[C@@H](O)[C@]2(O)[C@H]1O)[C@H]1[C@@H](CC3C)C1(C)C. The molecule has 5 spiro atoms. The van der Waals surface area contributed by atoms with E-state index in [1.54, 1.807) is 95.4 Å². The maximum absolute atomic E-state index is 13.7. The van der Waals surface area contributed by atoms with E-state index < -0.39 is 179 Å². The lowest BCUT2D eigenvalue weighted by Crippen LogP contribution is -2.65. The maximum Gasteiger partial charge on any atom is 0.153 e. The number of fused-ring (bicyclic) bond motifs is 15. The van der Waals surface area contributed by atoms with E-state index in [-0.39, 0.29) is 143 Å². The van der Waals surface area contributed by atoms with Crippen LogP contribution in [-0.4, -0.2) is 253 Å². The van der Waals surface area contributed by atoms with E-state index >= 15 is 0 Å². The van der Waals surface area contributed by atoms with E-state index in [2.05, 4.69) is 69.2 Å². The summed E-state index contributed by atoms with van der Waals surface area (Å²) in [6, 6.07) is 0. The first-order chi connectivity index (χ1) is 57.7. The molecule has 40 atom stereocenters. The quantitative estimate of drug-likeness (QED) is 0.172. The third-order valence-electron chi connectivity index (χ3n) is 39.7. The van der Waals surface area contributed by atoms with E-state index in [0.717, 1.165) is 32.1 Å². The zero-order valence-corrected chi connectivity index (χ0v) is 76.2. The summed E-state index contributed by atoms with van der Waals surface area (Å²) in [5.41, 5.74) is -12.9. The van der Waals surface area contributed by atoms with Gasteiger partial charge in [0.1, 0.15) is 89.0 Å². The van der Waals surface area contributed by atoms with Crippen LogP contribution in [-0.2, 0) is 24.0 Å². The molecule has 25 heteroatoms. The highest BCUT2D eigenvalue weighted by molar-refractivity contribution is 5.99. The lowest BCUT2D eigenvalue weighted by Gasteiger charge is -2.48. The Hall–Kier alpha value is -5.05. The van der Waals surface area contributed by atoms with Crippen LogP contribution in [0.15, 0.2) is 116 Å². The minimum Gasteiger partial charge on any atom is -0.392 e. The van der Waals surface area contributed by atoms with Crippen LogP contribution in [0.1, 0.15) is 171 Å². The van der Waals surface area contributed by atoms with Crippen LogP contribution in [0.2, 0.25) is 0 Å². The van der Waals surface area contributed by atoms with Gasteiger partial charge in [0, 0.05) is 29.6 Å². The summed E-state index contributed by atoms with van der Waals surface area (Å²) in [4.78, 5) is 68.7. The topological polar surface area (TPSA) is 490 Å². The second kappa shape index (κ2) is 28.7. The summed E-state index contributed by atoms with van der Waals surface area (Å²) in [7, 11) is 0. The fourth-order valence-electron chi connectivity index (χ4n) is 32.1. The van der Waals surface area contributed by atoms with Crippen LogP contribution in [0.25, 0.3) is 0 Å². The average Bonchev–Trinajstić information content (AvgIpc) is 1.52. The van der Waals surface area contributed by atoms with E-state index in [1.165, 1.54) is 0 Å². The second-order valence-electron chi connectivity index (χ2n) is 46.3. The summed E-state index contributed by atoms with van der Waals surface area (Å²) in [6.45, 7) is 37.5. The third kappa shape index (κ3) is 11.0. The molecule has 1 unspecified atom stereocenters. The summed E-state index contributed by atoms with van der Waals surface area (Å²) in [6.07, 6.45) is 6.70. The molecule has 10 saturated carbocycles. The number of ketones is 5. The minimum absolute atomic E-state index is 0.0245. The van der Waals surface area contributed by atoms with Gasteiger partial charge >= 0.3 is 0 Å². The monoisotopic (exact) mass is 1740 g/mol. The van der Waals surface area contributed by atoms with Crippen molar-refractivity contribution in [2.75, 3.05) is 33.0 Å². The van der Waals surface area contributed by atoms with E-state index in [0.29, 0.717) is 57.5 Å². The first-order valence-electron chi connectivity index (χ1n) is 45.9. The van der Waals surface area contributed by atoms with Gasteiger partial charge in [-0.05, 0) is 238 Å². The zero-order chi connectivity index (χ0) is 92.6. The molecule has 0 amide bonds. The Bertz CT molecular complexity index is 4230. The molecule has 10 fully saturated rings. The van der Waals surface area contributed by atoms with E-state index in [1.807, 2.05) is 34.6 Å². The van der Waals surface area contributed by atoms with Gasteiger partial charge in [-0.3, -0.25) is 24.0 Å². The number of hydrogen-bond donors (Lipinski definition) is 20. The van der Waals surface area contributed by atoms with Crippen molar-refractivity contribution in [3.63, 3.8) is 0 Å². The molecule has 0 saturated heterocycles. The van der Waals surface area contributed by atoms with Gasteiger partial charge in [-0.2, -0.15) is 0 Å². The molecule has 0 aromatic carbocycles. The van der Waals surface area contributed by atoms with Crippen LogP contribution >= 0.6 is 0 Å². The highest BCUT2D eigenvalue weighted by Gasteiger charge is 2.83. The fraction of sp³-hybridized carbons (Fsp3) is 0.750. The number of Topliss-reactive ketones (excluding diaryl/α,β-unsaturated/α-hetero) is 5. The van der Waals surface area contributed by atoms with Gasteiger partial charge in [0.25, 0.3) is 0 Å². The molecule has 125 heavy (non-hydrogen) atoms.